The maximum Gasteiger partial charge on any atom is 0.335 e. The van der Waals surface area contributed by atoms with Crippen LogP contribution in [-0.4, -0.2) is 16.9 Å². The quantitative estimate of drug-likeness (QED) is 0.939. The van der Waals surface area contributed by atoms with Gasteiger partial charge in [0.15, 0.2) is 5.78 Å². The van der Waals surface area contributed by atoms with E-state index in [1.165, 1.54) is 11.6 Å². The molecule has 0 fully saturated rings. The summed E-state index contributed by atoms with van der Waals surface area (Å²) in [5.41, 5.74) is 4.78. The molecule has 3 heteroatoms. The third kappa shape index (κ3) is 2.54. The number of benzene rings is 2. The minimum atomic E-state index is -0.956. The molecule has 0 bridgehead atoms. The largest absolute Gasteiger partial charge is 0.478 e. The molecule has 2 aromatic carbocycles. The van der Waals surface area contributed by atoms with Crippen molar-refractivity contribution in [3.05, 3.63) is 69.8 Å². The number of ketones is 1. The fraction of sp³-hybridized carbons (Fsp3) is 0.263. The summed E-state index contributed by atoms with van der Waals surface area (Å²) in [6.45, 7) is 2.14. The molecule has 0 heterocycles. The predicted octanol–water partition coefficient (Wildman–Crippen LogP) is 3.67. The zero-order valence-corrected chi connectivity index (χ0v) is 12.6. The maximum absolute atomic E-state index is 12.7. The van der Waals surface area contributed by atoms with Crippen molar-refractivity contribution < 1.29 is 14.7 Å². The SMILES string of the molecule is CCCc1ccc2c(c1)CCc1cc(C(=O)O)ccc1C2=O. The molecule has 1 aliphatic rings. The summed E-state index contributed by atoms with van der Waals surface area (Å²) in [4.78, 5) is 23.8. The van der Waals surface area contributed by atoms with Crippen molar-refractivity contribution in [3.63, 3.8) is 0 Å². The Morgan fingerprint density at radius 2 is 1.68 bits per heavy atom. The lowest BCUT2D eigenvalue weighted by molar-refractivity contribution is 0.0696. The molecule has 0 aliphatic heterocycles. The number of carbonyl (C=O) groups is 2. The van der Waals surface area contributed by atoms with Gasteiger partial charge in [0.1, 0.15) is 0 Å². The van der Waals surface area contributed by atoms with Crippen molar-refractivity contribution in [2.24, 2.45) is 0 Å². The topological polar surface area (TPSA) is 54.4 Å². The Hall–Kier alpha value is -2.42. The molecule has 112 valence electrons. The van der Waals surface area contributed by atoms with E-state index in [2.05, 4.69) is 13.0 Å². The Morgan fingerprint density at radius 1 is 1.05 bits per heavy atom. The number of fused-ring (bicyclic) bond motifs is 2. The van der Waals surface area contributed by atoms with E-state index in [-0.39, 0.29) is 11.3 Å². The third-order valence-electron chi connectivity index (χ3n) is 4.21. The average Bonchev–Trinajstić information content (AvgIpc) is 2.65. The molecule has 0 amide bonds. The molecule has 0 saturated heterocycles. The van der Waals surface area contributed by atoms with Crippen LogP contribution in [0.3, 0.4) is 0 Å². The Kier molecular flexibility index (Phi) is 3.80. The van der Waals surface area contributed by atoms with Gasteiger partial charge in [-0.3, -0.25) is 4.79 Å². The highest BCUT2D eigenvalue weighted by atomic mass is 16.4. The van der Waals surface area contributed by atoms with Crippen LogP contribution in [0.4, 0.5) is 0 Å². The van der Waals surface area contributed by atoms with E-state index in [0.717, 1.165) is 36.0 Å². The number of carboxylic acids is 1. The van der Waals surface area contributed by atoms with Gasteiger partial charge in [0.05, 0.1) is 5.56 Å². The molecule has 3 nitrogen and oxygen atoms in total. The van der Waals surface area contributed by atoms with E-state index in [0.29, 0.717) is 12.0 Å². The second kappa shape index (κ2) is 5.76. The van der Waals surface area contributed by atoms with Crippen LogP contribution in [0.25, 0.3) is 0 Å². The summed E-state index contributed by atoms with van der Waals surface area (Å²) in [6, 6.07) is 10.9. The monoisotopic (exact) mass is 294 g/mol. The molecule has 3 rings (SSSR count). The van der Waals surface area contributed by atoms with Gasteiger partial charge in [0.2, 0.25) is 0 Å². The summed E-state index contributed by atoms with van der Waals surface area (Å²) in [7, 11) is 0. The van der Waals surface area contributed by atoms with Gasteiger partial charge in [-0.25, -0.2) is 4.79 Å². The van der Waals surface area contributed by atoms with E-state index in [1.54, 1.807) is 12.1 Å². The lowest BCUT2D eigenvalue weighted by atomic mass is 9.96. The van der Waals surface area contributed by atoms with Crippen molar-refractivity contribution in [3.8, 4) is 0 Å². The standard InChI is InChI=1S/C19H18O3/c1-2-3-12-4-8-16-13(10-12)5-6-14-11-15(19(21)22)7-9-17(14)18(16)20/h4,7-11H,2-3,5-6H2,1H3,(H,21,22). The highest BCUT2D eigenvalue weighted by Crippen LogP contribution is 2.26. The highest BCUT2D eigenvalue weighted by Gasteiger charge is 2.22. The molecule has 1 N–H and O–H groups in total. The van der Waals surface area contributed by atoms with Crippen molar-refractivity contribution in [2.45, 2.75) is 32.6 Å². The third-order valence-corrected chi connectivity index (χ3v) is 4.21. The van der Waals surface area contributed by atoms with Crippen LogP contribution in [0.1, 0.15) is 56.3 Å². The van der Waals surface area contributed by atoms with Gasteiger partial charge in [-0.05, 0) is 54.2 Å². The first kappa shape index (κ1) is 14.5. The predicted molar refractivity (Wildman–Crippen MR) is 84.7 cm³/mol. The lowest BCUT2D eigenvalue weighted by Crippen LogP contribution is -2.06. The molecule has 0 unspecified atom stereocenters. The number of carboxylic acid groups (broad SMARTS) is 1. The molecule has 1 aliphatic carbocycles. The van der Waals surface area contributed by atoms with Crippen LogP contribution in [0, 0.1) is 0 Å². The molecule has 0 radical (unpaired) electrons. The fourth-order valence-electron chi connectivity index (χ4n) is 3.09. The van der Waals surface area contributed by atoms with Gasteiger partial charge >= 0.3 is 5.97 Å². The molecule has 0 spiro atoms. The zero-order valence-electron chi connectivity index (χ0n) is 12.6. The number of hydrogen-bond donors (Lipinski definition) is 1. The van der Waals surface area contributed by atoms with Gasteiger partial charge in [0, 0.05) is 11.1 Å². The summed E-state index contributed by atoms with van der Waals surface area (Å²) < 4.78 is 0. The number of hydrogen-bond acceptors (Lipinski definition) is 2. The van der Waals surface area contributed by atoms with Gasteiger partial charge in [-0.2, -0.15) is 0 Å². The normalized spacial score (nSPS) is 13.2. The van der Waals surface area contributed by atoms with Crippen LogP contribution >= 0.6 is 0 Å². The van der Waals surface area contributed by atoms with Crippen LogP contribution in [0.15, 0.2) is 36.4 Å². The summed E-state index contributed by atoms with van der Waals surface area (Å²) in [5, 5.41) is 9.11. The van der Waals surface area contributed by atoms with Crippen LogP contribution in [0.2, 0.25) is 0 Å². The van der Waals surface area contributed by atoms with E-state index in [1.807, 2.05) is 12.1 Å². The van der Waals surface area contributed by atoms with Gasteiger partial charge < -0.3 is 5.11 Å². The number of aromatic carboxylic acids is 1. The first-order chi connectivity index (χ1) is 10.6. The van der Waals surface area contributed by atoms with Crippen LogP contribution < -0.4 is 0 Å². The zero-order chi connectivity index (χ0) is 15.7. The smallest absolute Gasteiger partial charge is 0.335 e. The maximum atomic E-state index is 12.7. The van der Waals surface area contributed by atoms with E-state index < -0.39 is 5.97 Å². The first-order valence-corrected chi connectivity index (χ1v) is 7.63. The molecule has 22 heavy (non-hydrogen) atoms. The number of carbonyl (C=O) groups excluding carboxylic acids is 1. The van der Waals surface area contributed by atoms with Gasteiger partial charge in [-0.15, -0.1) is 0 Å². The summed E-state index contributed by atoms with van der Waals surface area (Å²) in [6.07, 6.45) is 3.56. The van der Waals surface area contributed by atoms with Gasteiger partial charge in [0.25, 0.3) is 0 Å². The van der Waals surface area contributed by atoms with Crippen LogP contribution in [-0.2, 0) is 19.3 Å². The Labute approximate surface area is 129 Å². The molecule has 0 aromatic heterocycles. The molecule has 0 saturated carbocycles. The minimum absolute atomic E-state index is 0.00230. The first-order valence-electron chi connectivity index (χ1n) is 7.63. The number of aryl methyl sites for hydroxylation is 3. The Morgan fingerprint density at radius 3 is 2.32 bits per heavy atom. The van der Waals surface area contributed by atoms with Crippen molar-refractivity contribution in [1.82, 2.24) is 0 Å². The molecule has 0 atom stereocenters. The van der Waals surface area contributed by atoms with Gasteiger partial charge in [-0.1, -0.05) is 31.5 Å². The Balaban J connectivity index is 2.04. The van der Waals surface area contributed by atoms with Crippen molar-refractivity contribution in [2.75, 3.05) is 0 Å². The molecular formula is C19H18O3. The fourth-order valence-corrected chi connectivity index (χ4v) is 3.09. The van der Waals surface area contributed by atoms with E-state index in [9.17, 15) is 9.59 Å². The van der Waals surface area contributed by atoms with Crippen molar-refractivity contribution in [1.29, 1.82) is 0 Å². The second-order valence-corrected chi connectivity index (χ2v) is 5.75. The second-order valence-electron chi connectivity index (χ2n) is 5.75. The Bertz CT molecular complexity index is 759. The number of rotatable bonds is 3. The van der Waals surface area contributed by atoms with Crippen LogP contribution in [0.5, 0.6) is 0 Å². The summed E-state index contributed by atoms with van der Waals surface area (Å²) >= 11 is 0. The summed E-state index contributed by atoms with van der Waals surface area (Å²) in [5.74, 6) is -0.954. The molecule has 2 aromatic rings. The highest BCUT2D eigenvalue weighted by molar-refractivity contribution is 6.11. The average molecular weight is 294 g/mol. The minimum Gasteiger partial charge on any atom is -0.478 e. The lowest BCUT2D eigenvalue weighted by Gasteiger charge is -2.08. The van der Waals surface area contributed by atoms with Crippen molar-refractivity contribution >= 4 is 11.8 Å². The van der Waals surface area contributed by atoms with E-state index in [4.69, 9.17) is 5.11 Å². The van der Waals surface area contributed by atoms with E-state index >= 15 is 0 Å². The molecular weight excluding hydrogens is 276 g/mol.